The van der Waals surface area contributed by atoms with Gasteiger partial charge in [0.25, 0.3) is 0 Å². The minimum Gasteiger partial charge on any atom is -0.373 e. The SMILES string of the molecule is O=S(=O)(NC1CCC2OCCOC2C1)c1cc(F)cc(F)c1. The van der Waals surface area contributed by atoms with Gasteiger partial charge in [-0.25, -0.2) is 21.9 Å². The fraction of sp³-hybridized carbons (Fsp3) is 0.571. The van der Waals surface area contributed by atoms with Crippen LogP contribution in [0.4, 0.5) is 8.78 Å². The molecule has 122 valence electrons. The van der Waals surface area contributed by atoms with E-state index in [0.717, 1.165) is 12.1 Å². The molecule has 1 aromatic rings. The standard InChI is InChI=1S/C14H17F2NO4S/c15-9-5-10(16)7-12(6-9)22(18,19)17-11-1-2-13-14(8-11)21-4-3-20-13/h5-7,11,13-14,17H,1-4,8H2. The lowest BCUT2D eigenvalue weighted by Gasteiger charge is -2.38. The molecule has 22 heavy (non-hydrogen) atoms. The number of rotatable bonds is 3. The summed E-state index contributed by atoms with van der Waals surface area (Å²) >= 11 is 0. The highest BCUT2D eigenvalue weighted by Crippen LogP contribution is 2.27. The maximum atomic E-state index is 13.2. The second-order valence-electron chi connectivity index (χ2n) is 5.55. The lowest BCUT2D eigenvalue weighted by molar-refractivity contribution is -0.156. The van der Waals surface area contributed by atoms with Gasteiger partial charge in [-0.15, -0.1) is 0 Å². The number of sulfonamides is 1. The van der Waals surface area contributed by atoms with E-state index in [1.54, 1.807) is 0 Å². The van der Waals surface area contributed by atoms with Gasteiger partial charge in [-0.3, -0.25) is 0 Å². The lowest BCUT2D eigenvalue weighted by Crippen LogP contribution is -2.49. The van der Waals surface area contributed by atoms with Crippen LogP contribution in [-0.4, -0.2) is 39.9 Å². The van der Waals surface area contributed by atoms with Crippen LogP contribution in [0.2, 0.25) is 0 Å². The molecule has 0 radical (unpaired) electrons. The topological polar surface area (TPSA) is 64.6 Å². The smallest absolute Gasteiger partial charge is 0.241 e. The molecule has 0 aromatic heterocycles. The van der Waals surface area contributed by atoms with Crippen molar-refractivity contribution in [2.24, 2.45) is 0 Å². The summed E-state index contributed by atoms with van der Waals surface area (Å²) < 4.78 is 64.5. The fourth-order valence-corrected chi connectivity index (χ4v) is 4.27. The highest BCUT2D eigenvalue weighted by Gasteiger charge is 2.35. The highest BCUT2D eigenvalue weighted by atomic mass is 32.2. The van der Waals surface area contributed by atoms with Crippen LogP contribution >= 0.6 is 0 Å². The number of nitrogens with one attached hydrogen (secondary N) is 1. The van der Waals surface area contributed by atoms with Crippen molar-refractivity contribution in [2.45, 2.75) is 42.4 Å². The Hall–Kier alpha value is -1.09. The first-order chi connectivity index (χ1) is 10.4. The summed E-state index contributed by atoms with van der Waals surface area (Å²) in [7, 11) is -3.97. The minimum absolute atomic E-state index is 0.00104. The summed E-state index contributed by atoms with van der Waals surface area (Å²) in [5.74, 6) is -1.85. The molecule has 1 aliphatic carbocycles. The monoisotopic (exact) mass is 333 g/mol. The molecule has 1 N–H and O–H groups in total. The molecule has 0 spiro atoms. The molecule has 0 amide bonds. The van der Waals surface area contributed by atoms with Gasteiger partial charge in [0.15, 0.2) is 0 Å². The van der Waals surface area contributed by atoms with Crippen LogP contribution in [0.25, 0.3) is 0 Å². The van der Waals surface area contributed by atoms with Crippen LogP contribution in [0.15, 0.2) is 23.1 Å². The number of benzene rings is 1. The molecule has 2 fully saturated rings. The first kappa shape index (κ1) is 15.8. The van der Waals surface area contributed by atoms with E-state index in [4.69, 9.17) is 9.47 Å². The average molecular weight is 333 g/mol. The molecule has 1 saturated carbocycles. The molecule has 3 unspecified atom stereocenters. The second-order valence-corrected chi connectivity index (χ2v) is 7.27. The van der Waals surface area contributed by atoms with Gasteiger partial charge in [0.1, 0.15) is 11.6 Å². The van der Waals surface area contributed by atoms with Gasteiger partial charge in [-0.1, -0.05) is 0 Å². The van der Waals surface area contributed by atoms with E-state index >= 15 is 0 Å². The fourth-order valence-electron chi connectivity index (χ4n) is 2.94. The van der Waals surface area contributed by atoms with E-state index in [0.29, 0.717) is 38.5 Å². The maximum absolute atomic E-state index is 13.2. The van der Waals surface area contributed by atoms with Gasteiger partial charge in [-0.05, 0) is 31.4 Å². The minimum atomic E-state index is -3.97. The molecule has 5 nitrogen and oxygen atoms in total. The third kappa shape index (κ3) is 3.45. The van der Waals surface area contributed by atoms with E-state index in [-0.39, 0.29) is 18.2 Å². The van der Waals surface area contributed by atoms with Crippen molar-refractivity contribution in [3.05, 3.63) is 29.8 Å². The van der Waals surface area contributed by atoms with E-state index in [1.807, 2.05) is 0 Å². The quantitative estimate of drug-likeness (QED) is 0.912. The number of ether oxygens (including phenoxy) is 2. The van der Waals surface area contributed by atoms with Crippen LogP contribution in [0, 0.1) is 11.6 Å². The van der Waals surface area contributed by atoms with Crippen molar-refractivity contribution < 1.29 is 26.7 Å². The van der Waals surface area contributed by atoms with Crippen LogP contribution < -0.4 is 4.72 Å². The Morgan fingerprint density at radius 1 is 1.00 bits per heavy atom. The summed E-state index contributed by atoms with van der Waals surface area (Å²) in [6.45, 7) is 1.05. The predicted octanol–water partition coefficient (Wildman–Crippen LogP) is 1.58. The Morgan fingerprint density at radius 2 is 1.64 bits per heavy atom. The van der Waals surface area contributed by atoms with Gasteiger partial charge in [0.2, 0.25) is 10.0 Å². The molecular weight excluding hydrogens is 316 g/mol. The first-order valence-corrected chi connectivity index (χ1v) is 8.64. The van der Waals surface area contributed by atoms with E-state index in [1.165, 1.54) is 0 Å². The summed E-state index contributed by atoms with van der Waals surface area (Å²) in [5.41, 5.74) is 0. The third-order valence-electron chi connectivity index (χ3n) is 3.95. The Bertz CT molecular complexity index is 632. The van der Waals surface area contributed by atoms with Crippen molar-refractivity contribution in [3.63, 3.8) is 0 Å². The summed E-state index contributed by atoms with van der Waals surface area (Å²) in [6, 6.07) is 1.91. The second kappa shape index (κ2) is 6.19. The molecule has 2 aliphatic rings. The Balaban J connectivity index is 1.71. The number of fused-ring (bicyclic) bond motifs is 1. The van der Waals surface area contributed by atoms with E-state index in [9.17, 15) is 17.2 Å². The zero-order valence-electron chi connectivity index (χ0n) is 11.8. The molecule has 0 bridgehead atoms. The van der Waals surface area contributed by atoms with Crippen LogP contribution in [0.1, 0.15) is 19.3 Å². The molecule has 1 aliphatic heterocycles. The number of halogens is 2. The normalized spacial score (nSPS) is 29.1. The molecule has 8 heteroatoms. The van der Waals surface area contributed by atoms with E-state index < -0.39 is 26.6 Å². The van der Waals surface area contributed by atoms with Crippen LogP contribution in [-0.2, 0) is 19.5 Å². The van der Waals surface area contributed by atoms with Gasteiger partial charge < -0.3 is 9.47 Å². The zero-order valence-corrected chi connectivity index (χ0v) is 12.6. The Kier molecular flexibility index (Phi) is 4.44. The van der Waals surface area contributed by atoms with Crippen molar-refractivity contribution in [2.75, 3.05) is 13.2 Å². The molecule has 1 saturated heterocycles. The zero-order chi connectivity index (χ0) is 15.7. The predicted molar refractivity (Wildman–Crippen MR) is 73.8 cm³/mol. The van der Waals surface area contributed by atoms with Gasteiger partial charge in [-0.2, -0.15) is 0 Å². The van der Waals surface area contributed by atoms with E-state index in [2.05, 4.69) is 4.72 Å². The largest absolute Gasteiger partial charge is 0.373 e. The van der Waals surface area contributed by atoms with Crippen molar-refractivity contribution in [1.29, 1.82) is 0 Å². The Morgan fingerprint density at radius 3 is 2.32 bits per heavy atom. The maximum Gasteiger partial charge on any atom is 0.241 e. The Labute approximate surface area is 127 Å². The van der Waals surface area contributed by atoms with Gasteiger partial charge in [0, 0.05) is 12.1 Å². The van der Waals surface area contributed by atoms with Gasteiger partial charge >= 0.3 is 0 Å². The molecule has 1 heterocycles. The summed E-state index contributed by atoms with van der Waals surface area (Å²) in [5, 5.41) is 0. The van der Waals surface area contributed by atoms with Crippen molar-refractivity contribution in [3.8, 4) is 0 Å². The van der Waals surface area contributed by atoms with Gasteiger partial charge in [0.05, 0.1) is 30.3 Å². The highest BCUT2D eigenvalue weighted by molar-refractivity contribution is 7.89. The molecular formula is C14H17F2NO4S. The van der Waals surface area contributed by atoms with Crippen molar-refractivity contribution >= 4 is 10.0 Å². The lowest BCUT2D eigenvalue weighted by atomic mass is 9.90. The van der Waals surface area contributed by atoms with Crippen LogP contribution in [0.3, 0.4) is 0 Å². The number of hydrogen-bond donors (Lipinski definition) is 1. The average Bonchev–Trinajstić information content (AvgIpc) is 2.46. The first-order valence-electron chi connectivity index (χ1n) is 7.16. The molecule has 3 rings (SSSR count). The summed E-state index contributed by atoms with van der Waals surface area (Å²) in [6.07, 6.45) is 1.64. The third-order valence-corrected chi connectivity index (χ3v) is 5.45. The van der Waals surface area contributed by atoms with Crippen LogP contribution in [0.5, 0.6) is 0 Å². The molecule has 1 aromatic carbocycles. The summed E-state index contributed by atoms with van der Waals surface area (Å²) in [4.78, 5) is -0.409. The number of hydrogen-bond acceptors (Lipinski definition) is 4. The van der Waals surface area contributed by atoms with Crippen molar-refractivity contribution in [1.82, 2.24) is 4.72 Å². The molecule has 3 atom stereocenters.